The topological polar surface area (TPSA) is 74.6 Å². The number of ether oxygens (including phenoxy) is 1. The molecule has 2 bridgehead atoms. The van der Waals surface area contributed by atoms with Crippen molar-refractivity contribution in [1.29, 1.82) is 0 Å². The Morgan fingerprint density at radius 1 is 1.03 bits per heavy atom. The molecule has 3 saturated heterocycles. The van der Waals surface area contributed by atoms with Crippen LogP contribution >= 0.6 is 0 Å². The molecule has 2 atom stereocenters. The zero-order chi connectivity index (χ0) is 25.3. The summed E-state index contributed by atoms with van der Waals surface area (Å²) in [7, 11) is 0. The largest absolute Gasteiger partial charge is 0.381 e. The Morgan fingerprint density at radius 2 is 1.86 bits per heavy atom. The summed E-state index contributed by atoms with van der Waals surface area (Å²) < 4.78 is 7.53. The summed E-state index contributed by atoms with van der Waals surface area (Å²) in [6, 6.07) is 6.37. The van der Waals surface area contributed by atoms with Crippen molar-refractivity contribution in [2.24, 2.45) is 0 Å². The van der Waals surface area contributed by atoms with Crippen LogP contribution in [0.3, 0.4) is 0 Å². The van der Waals surface area contributed by atoms with Gasteiger partial charge in [-0.2, -0.15) is 5.10 Å². The fraction of sp³-hybridized carbons (Fsp3) is 0.552. The lowest BCUT2D eigenvalue weighted by Gasteiger charge is -2.40. The van der Waals surface area contributed by atoms with Crippen molar-refractivity contribution in [3.05, 3.63) is 41.3 Å². The average molecular weight is 500 g/mol. The molecule has 3 aliphatic rings. The molecule has 0 aliphatic carbocycles. The van der Waals surface area contributed by atoms with E-state index in [2.05, 4.69) is 70.9 Å². The smallest absolute Gasteiger partial charge is 0.158 e. The molecule has 4 aromatic rings. The van der Waals surface area contributed by atoms with Crippen molar-refractivity contribution < 1.29 is 4.74 Å². The maximum absolute atomic E-state index is 5.64. The second kappa shape index (κ2) is 8.81. The second-order valence-electron chi connectivity index (χ2n) is 11.5. The average Bonchev–Trinajstić information content (AvgIpc) is 3.62. The minimum Gasteiger partial charge on any atom is -0.381 e. The van der Waals surface area contributed by atoms with Crippen LogP contribution in [0.2, 0.25) is 0 Å². The molecule has 3 aliphatic heterocycles. The summed E-state index contributed by atoms with van der Waals surface area (Å²) >= 11 is 0. The number of aromatic amines is 1. The molecule has 0 amide bonds. The lowest BCUT2D eigenvalue weighted by molar-refractivity contribution is 0.0131. The molecule has 7 heterocycles. The van der Waals surface area contributed by atoms with Crippen LogP contribution in [0.25, 0.3) is 27.9 Å². The van der Waals surface area contributed by atoms with Crippen LogP contribution in [0.15, 0.2) is 24.7 Å². The predicted octanol–water partition coefficient (Wildman–Crippen LogP) is 4.84. The predicted molar refractivity (Wildman–Crippen MR) is 146 cm³/mol. The van der Waals surface area contributed by atoms with Crippen LogP contribution in [-0.2, 0) is 4.74 Å². The fourth-order valence-electron chi connectivity index (χ4n) is 7.13. The van der Waals surface area contributed by atoms with Crippen molar-refractivity contribution in [3.8, 4) is 11.3 Å². The number of fused-ring (bicyclic) bond motifs is 4. The number of piperidine rings is 1. The quantitative estimate of drug-likeness (QED) is 0.433. The Morgan fingerprint density at radius 3 is 2.68 bits per heavy atom. The maximum Gasteiger partial charge on any atom is 0.158 e. The highest BCUT2D eigenvalue weighted by atomic mass is 16.5. The number of pyridine rings is 2. The van der Waals surface area contributed by atoms with Crippen LogP contribution in [-0.4, -0.2) is 73.9 Å². The molecule has 0 radical (unpaired) electrons. The number of aryl methyl sites for hydroxylation is 1. The molecule has 1 N–H and O–H groups in total. The van der Waals surface area contributed by atoms with Crippen LogP contribution in [0.4, 0.5) is 5.82 Å². The minimum atomic E-state index is 0.333. The molecule has 37 heavy (non-hydrogen) atoms. The maximum atomic E-state index is 5.64. The van der Waals surface area contributed by atoms with Gasteiger partial charge in [0.1, 0.15) is 12.1 Å². The number of anilines is 1. The van der Waals surface area contributed by atoms with E-state index in [1.807, 2.05) is 4.52 Å². The first-order chi connectivity index (χ1) is 18.0. The van der Waals surface area contributed by atoms with Crippen molar-refractivity contribution in [2.75, 3.05) is 31.2 Å². The van der Waals surface area contributed by atoms with Crippen LogP contribution in [0.5, 0.6) is 0 Å². The zero-order valence-corrected chi connectivity index (χ0v) is 22.4. The van der Waals surface area contributed by atoms with Gasteiger partial charge in [-0.25, -0.2) is 14.5 Å². The molecule has 7 rings (SSSR count). The van der Waals surface area contributed by atoms with E-state index in [0.717, 1.165) is 53.5 Å². The second-order valence-corrected chi connectivity index (χ2v) is 11.5. The van der Waals surface area contributed by atoms with E-state index < -0.39 is 0 Å². The third-order valence-corrected chi connectivity index (χ3v) is 9.17. The molecular formula is C29H37N7O. The van der Waals surface area contributed by atoms with Crippen molar-refractivity contribution in [1.82, 2.24) is 29.5 Å². The summed E-state index contributed by atoms with van der Waals surface area (Å²) in [5.74, 6) is 1.46. The summed E-state index contributed by atoms with van der Waals surface area (Å²) in [5, 5.41) is 4.43. The summed E-state index contributed by atoms with van der Waals surface area (Å²) in [5.41, 5.74) is 9.11. The van der Waals surface area contributed by atoms with Gasteiger partial charge in [0.2, 0.25) is 0 Å². The normalized spacial score (nSPS) is 23.2. The summed E-state index contributed by atoms with van der Waals surface area (Å²) in [6.07, 6.45) is 8.56. The highest BCUT2D eigenvalue weighted by molar-refractivity contribution is 5.90. The molecule has 0 unspecified atom stereocenters. The van der Waals surface area contributed by atoms with Gasteiger partial charge in [0.25, 0.3) is 0 Å². The number of nitrogens with zero attached hydrogens (tertiary/aromatic N) is 6. The third kappa shape index (κ3) is 3.67. The Labute approximate surface area is 218 Å². The first-order valence-electron chi connectivity index (χ1n) is 13.9. The zero-order valence-electron chi connectivity index (χ0n) is 22.4. The SMILES string of the molecule is Cc1c(-c2[nH]c3ccc(N4C[C@H]5C[C@@H]4CCN5C4CCOCC4)nc3c2C(C)C)cn2ncnc2c1C. The molecular weight excluding hydrogens is 462 g/mol. The van der Waals surface area contributed by atoms with Crippen molar-refractivity contribution >= 4 is 22.5 Å². The van der Waals surface area contributed by atoms with E-state index in [9.17, 15) is 0 Å². The number of hydrogen-bond acceptors (Lipinski definition) is 6. The van der Waals surface area contributed by atoms with E-state index in [1.54, 1.807) is 6.33 Å². The van der Waals surface area contributed by atoms with Crippen molar-refractivity contribution in [2.45, 2.75) is 77.4 Å². The van der Waals surface area contributed by atoms with Gasteiger partial charge in [0.05, 0.1) is 16.7 Å². The molecule has 3 fully saturated rings. The Hall–Kier alpha value is -2.97. The van der Waals surface area contributed by atoms with Gasteiger partial charge in [0, 0.05) is 61.8 Å². The lowest BCUT2D eigenvalue weighted by atomic mass is 9.95. The van der Waals surface area contributed by atoms with E-state index in [-0.39, 0.29) is 0 Å². The number of rotatable bonds is 4. The van der Waals surface area contributed by atoms with E-state index >= 15 is 0 Å². The molecule has 0 saturated carbocycles. The monoisotopic (exact) mass is 499 g/mol. The molecule has 4 aromatic heterocycles. The van der Waals surface area contributed by atoms with E-state index in [0.29, 0.717) is 24.0 Å². The summed E-state index contributed by atoms with van der Waals surface area (Å²) in [6.45, 7) is 13.0. The standard InChI is InChI=1S/C29H37N7O/c1-17(2)26-27(23-15-36-29(30-16-31-36)19(4)18(23)3)32-24-5-6-25(33-28(24)26)35-14-22-13-21(35)7-10-34(22)20-8-11-37-12-9-20/h5-6,15-17,20-22,32H,7-14H2,1-4H3/t21-,22+/m0/s1. The molecule has 0 aromatic carbocycles. The number of nitrogens with one attached hydrogen (secondary N) is 1. The van der Waals surface area contributed by atoms with Gasteiger partial charge in [0.15, 0.2) is 5.65 Å². The van der Waals surface area contributed by atoms with Crippen LogP contribution < -0.4 is 4.90 Å². The minimum absolute atomic E-state index is 0.333. The highest BCUT2D eigenvalue weighted by Crippen LogP contribution is 2.40. The summed E-state index contributed by atoms with van der Waals surface area (Å²) in [4.78, 5) is 18.9. The van der Waals surface area contributed by atoms with Gasteiger partial charge in [-0.3, -0.25) is 4.90 Å². The Kier molecular flexibility index (Phi) is 5.51. The third-order valence-electron chi connectivity index (χ3n) is 9.17. The van der Waals surface area contributed by atoms with Crippen LogP contribution in [0.1, 0.15) is 62.1 Å². The van der Waals surface area contributed by atoms with Gasteiger partial charge < -0.3 is 14.6 Å². The molecule has 8 nitrogen and oxygen atoms in total. The lowest BCUT2D eigenvalue weighted by Crippen LogP contribution is -2.48. The first kappa shape index (κ1) is 23.2. The van der Waals surface area contributed by atoms with Gasteiger partial charge in [-0.05, 0) is 68.7 Å². The number of aromatic nitrogens is 5. The Balaban J connectivity index is 1.26. The molecule has 194 valence electrons. The highest BCUT2D eigenvalue weighted by Gasteiger charge is 2.42. The van der Waals surface area contributed by atoms with Crippen LogP contribution in [0, 0.1) is 13.8 Å². The van der Waals surface area contributed by atoms with E-state index in [1.165, 1.54) is 48.9 Å². The van der Waals surface area contributed by atoms with Gasteiger partial charge >= 0.3 is 0 Å². The van der Waals surface area contributed by atoms with Gasteiger partial charge in [-0.15, -0.1) is 0 Å². The van der Waals surface area contributed by atoms with Gasteiger partial charge in [-0.1, -0.05) is 13.8 Å². The Bertz CT molecular complexity index is 1460. The fourth-order valence-corrected chi connectivity index (χ4v) is 7.13. The number of likely N-dealkylation sites (tertiary alicyclic amines) is 1. The molecule has 0 spiro atoms. The number of H-pyrrole nitrogens is 1. The van der Waals surface area contributed by atoms with E-state index in [4.69, 9.17) is 9.72 Å². The number of hydrogen-bond donors (Lipinski definition) is 1. The van der Waals surface area contributed by atoms with Crippen molar-refractivity contribution in [3.63, 3.8) is 0 Å². The molecule has 8 heteroatoms. The first-order valence-corrected chi connectivity index (χ1v) is 13.9.